The predicted molar refractivity (Wildman–Crippen MR) is 78.2 cm³/mol. The lowest BCUT2D eigenvalue weighted by Gasteiger charge is -2.35. The van der Waals surface area contributed by atoms with Gasteiger partial charge in [-0.25, -0.2) is 0 Å². The van der Waals surface area contributed by atoms with Gasteiger partial charge >= 0.3 is 0 Å². The highest BCUT2D eigenvalue weighted by atomic mass is 16.2. The number of rotatable bonds is 6. The zero-order valence-corrected chi connectivity index (χ0v) is 12.3. The van der Waals surface area contributed by atoms with Crippen LogP contribution >= 0.6 is 0 Å². The second kappa shape index (κ2) is 7.85. The fraction of sp³-hybridized carbons (Fsp3) is 0.933. The van der Waals surface area contributed by atoms with E-state index >= 15 is 0 Å². The number of nitrogens with one attached hydrogen (secondary N) is 2. The van der Waals surface area contributed by atoms with Crippen molar-refractivity contribution in [1.82, 2.24) is 15.5 Å². The summed E-state index contributed by atoms with van der Waals surface area (Å²) < 4.78 is 0. The molecule has 2 fully saturated rings. The van der Waals surface area contributed by atoms with E-state index < -0.39 is 0 Å². The highest BCUT2D eigenvalue weighted by molar-refractivity contribution is 5.78. The SMILES string of the molecule is CNCCC1CCCCN1CC(=O)NC1CCCC1. The first-order chi connectivity index (χ1) is 9.29. The van der Waals surface area contributed by atoms with Crippen LogP contribution in [0.3, 0.4) is 0 Å². The molecule has 110 valence electrons. The molecule has 1 aliphatic heterocycles. The smallest absolute Gasteiger partial charge is 0.234 e. The van der Waals surface area contributed by atoms with Gasteiger partial charge in [-0.3, -0.25) is 9.69 Å². The Morgan fingerprint density at radius 2 is 1.89 bits per heavy atom. The summed E-state index contributed by atoms with van der Waals surface area (Å²) in [5, 5.41) is 6.43. The van der Waals surface area contributed by atoms with Crippen LogP contribution in [0.25, 0.3) is 0 Å². The highest BCUT2D eigenvalue weighted by Gasteiger charge is 2.25. The van der Waals surface area contributed by atoms with E-state index in [1.807, 2.05) is 7.05 Å². The minimum absolute atomic E-state index is 0.239. The van der Waals surface area contributed by atoms with Crippen molar-refractivity contribution in [3.05, 3.63) is 0 Å². The van der Waals surface area contributed by atoms with Gasteiger partial charge in [0.2, 0.25) is 5.91 Å². The number of hydrogen-bond acceptors (Lipinski definition) is 3. The van der Waals surface area contributed by atoms with Crippen LogP contribution in [0.2, 0.25) is 0 Å². The minimum atomic E-state index is 0.239. The molecule has 1 saturated heterocycles. The summed E-state index contributed by atoms with van der Waals surface area (Å²) in [6.07, 6.45) is 9.87. The Morgan fingerprint density at radius 1 is 1.16 bits per heavy atom. The Labute approximate surface area is 117 Å². The Hall–Kier alpha value is -0.610. The Bertz CT molecular complexity index is 277. The molecule has 0 radical (unpaired) electrons. The van der Waals surface area contributed by atoms with Gasteiger partial charge in [-0.1, -0.05) is 19.3 Å². The second-order valence-corrected chi connectivity index (χ2v) is 6.06. The van der Waals surface area contributed by atoms with Crippen LogP contribution in [0.15, 0.2) is 0 Å². The van der Waals surface area contributed by atoms with Crippen molar-refractivity contribution >= 4 is 5.91 Å². The third kappa shape index (κ3) is 4.77. The van der Waals surface area contributed by atoms with E-state index in [1.54, 1.807) is 0 Å². The van der Waals surface area contributed by atoms with Gasteiger partial charge in [0.15, 0.2) is 0 Å². The molecule has 0 spiro atoms. The molecule has 1 unspecified atom stereocenters. The zero-order chi connectivity index (χ0) is 13.5. The molecular weight excluding hydrogens is 238 g/mol. The molecule has 4 heteroatoms. The maximum Gasteiger partial charge on any atom is 0.234 e. The van der Waals surface area contributed by atoms with E-state index in [4.69, 9.17) is 0 Å². The third-order valence-corrected chi connectivity index (χ3v) is 4.54. The average molecular weight is 267 g/mol. The van der Waals surface area contributed by atoms with Crippen molar-refractivity contribution in [2.45, 2.75) is 63.5 Å². The number of likely N-dealkylation sites (tertiary alicyclic amines) is 1. The number of carbonyl (C=O) groups is 1. The van der Waals surface area contributed by atoms with Crippen LogP contribution in [-0.2, 0) is 4.79 Å². The van der Waals surface area contributed by atoms with Gasteiger partial charge < -0.3 is 10.6 Å². The standard InChI is InChI=1S/C15H29N3O/c1-16-10-9-14-8-4-5-11-18(14)12-15(19)17-13-6-2-3-7-13/h13-14,16H,2-12H2,1H3,(H,17,19). The van der Waals surface area contributed by atoms with Crippen molar-refractivity contribution in [1.29, 1.82) is 0 Å². The maximum atomic E-state index is 12.1. The van der Waals surface area contributed by atoms with Crippen LogP contribution in [-0.4, -0.2) is 49.6 Å². The summed E-state index contributed by atoms with van der Waals surface area (Å²) in [5.74, 6) is 0.239. The lowest BCUT2D eigenvalue weighted by Crippen LogP contribution is -2.47. The molecule has 1 atom stereocenters. The van der Waals surface area contributed by atoms with E-state index in [1.165, 1.54) is 44.9 Å². The van der Waals surface area contributed by atoms with Crippen LogP contribution in [0.5, 0.6) is 0 Å². The minimum Gasteiger partial charge on any atom is -0.352 e. The van der Waals surface area contributed by atoms with Crippen molar-refractivity contribution in [3.8, 4) is 0 Å². The molecule has 0 aromatic carbocycles. The van der Waals surface area contributed by atoms with Crippen molar-refractivity contribution in [2.24, 2.45) is 0 Å². The lowest BCUT2D eigenvalue weighted by atomic mass is 9.99. The number of amides is 1. The monoisotopic (exact) mass is 267 g/mol. The van der Waals surface area contributed by atoms with Gasteiger partial charge in [0, 0.05) is 12.1 Å². The molecule has 0 aromatic rings. The normalized spacial score (nSPS) is 25.6. The molecule has 1 amide bonds. The quantitative estimate of drug-likeness (QED) is 0.767. The van der Waals surface area contributed by atoms with E-state index in [2.05, 4.69) is 15.5 Å². The van der Waals surface area contributed by atoms with E-state index in [-0.39, 0.29) is 5.91 Å². The highest BCUT2D eigenvalue weighted by Crippen LogP contribution is 2.20. The summed E-state index contributed by atoms with van der Waals surface area (Å²) in [5.41, 5.74) is 0. The summed E-state index contributed by atoms with van der Waals surface area (Å²) in [6.45, 7) is 2.74. The molecular formula is C15H29N3O. The van der Waals surface area contributed by atoms with Gasteiger partial charge in [0.1, 0.15) is 0 Å². The van der Waals surface area contributed by atoms with Gasteiger partial charge in [0.25, 0.3) is 0 Å². The van der Waals surface area contributed by atoms with Crippen LogP contribution in [0.4, 0.5) is 0 Å². The van der Waals surface area contributed by atoms with E-state index in [0.717, 1.165) is 19.5 Å². The third-order valence-electron chi connectivity index (χ3n) is 4.54. The largest absolute Gasteiger partial charge is 0.352 e. The molecule has 1 saturated carbocycles. The van der Waals surface area contributed by atoms with Gasteiger partial charge in [0.05, 0.1) is 6.54 Å². The first-order valence-corrected chi connectivity index (χ1v) is 7.97. The number of nitrogens with zero attached hydrogens (tertiary/aromatic N) is 1. The summed E-state index contributed by atoms with van der Waals surface area (Å²) in [4.78, 5) is 14.5. The van der Waals surface area contributed by atoms with Gasteiger partial charge in [-0.05, 0) is 52.2 Å². The first kappa shape index (κ1) is 14.8. The predicted octanol–water partition coefficient (Wildman–Crippen LogP) is 1.51. The van der Waals surface area contributed by atoms with Crippen LogP contribution in [0.1, 0.15) is 51.4 Å². The molecule has 0 bridgehead atoms. The lowest BCUT2D eigenvalue weighted by molar-refractivity contribution is -0.123. The zero-order valence-electron chi connectivity index (χ0n) is 12.3. The molecule has 1 heterocycles. The number of piperidine rings is 1. The maximum absolute atomic E-state index is 12.1. The first-order valence-electron chi connectivity index (χ1n) is 7.97. The topological polar surface area (TPSA) is 44.4 Å². The molecule has 19 heavy (non-hydrogen) atoms. The fourth-order valence-electron chi connectivity index (χ4n) is 3.43. The Balaban J connectivity index is 1.75. The van der Waals surface area contributed by atoms with E-state index in [9.17, 15) is 4.79 Å². The summed E-state index contributed by atoms with van der Waals surface area (Å²) in [7, 11) is 2.00. The molecule has 2 aliphatic rings. The number of hydrogen-bond donors (Lipinski definition) is 2. The Morgan fingerprint density at radius 3 is 2.63 bits per heavy atom. The molecule has 1 aliphatic carbocycles. The molecule has 0 aromatic heterocycles. The van der Waals surface area contributed by atoms with Crippen molar-refractivity contribution in [3.63, 3.8) is 0 Å². The molecule has 4 nitrogen and oxygen atoms in total. The summed E-state index contributed by atoms with van der Waals surface area (Å²) in [6, 6.07) is 1.04. The fourth-order valence-corrected chi connectivity index (χ4v) is 3.43. The van der Waals surface area contributed by atoms with Gasteiger partial charge in [-0.2, -0.15) is 0 Å². The molecule has 2 N–H and O–H groups in total. The average Bonchev–Trinajstić information content (AvgIpc) is 2.90. The van der Waals surface area contributed by atoms with Gasteiger partial charge in [-0.15, -0.1) is 0 Å². The van der Waals surface area contributed by atoms with E-state index in [0.29, 0.717) is 18.6 Å². The Kier molecular flexibility index (Phi) is 6.11. The van der Waals surface area contributed by atoms with Crippen molar-refractivity contribution in [2.75, 3.05) is 26.7 Å². The second-order valence-electron chi connectivity index (χ2n) is 6.06. The van der Waals surface area contributed by atoms with Crippen LogP contribution in [0, 0.1) is 0 Å². The van der Waals surface area contributed by atoms with Crippen LogP contribution < -0.4 is 10.6 Å². The van der Waals surface area contributed by atoms with Crippen molar-refractivity contribution < 1.29 is 4.79 Å². The number of carbonyl (C=O) groups excluding carboxylic acids is 1. The summed E-state index contributed by atoms with van der Waals surface area (Å²) >= 11 is 0. The molecule has 2 rings (SSSR count).